The summed E-state index contributed by atoms with van der Waals surface area (Å²) in [6.45, 7) is 3.79. The largest absolute Gasteiger partial charge is 0.503 e. The maximum absolute atomic E-state index is 9.84. The van der Waals surface area contributed by atoms with Gasteiger partial charge in [-0.25, -0.2) is 0 Å². The highest BCUT2D eigenvalue weighted by atomic mass is 79.9. The Morgan fingerprint density at radius 2 is 1.90 bits per heavy atom. The fourth-order valence-corrected chi connectivity index (χ4v) is 2.61. The van der Waals surface area contributed by atoms with Gasteiger partial charge in [0.15, 0.2) is 11.5 Å². The molecule has 0 aliphatic carbocycles. The Morgan fingerprint density at radius 3 is 2.50 bits per heavy atom. The number of ether oxygens (including phenoxy) is 1. The molecular formula is C16H18BrNO2. The van der Waals surface area contributed by atoms with E-state index in [4.69, 9.17) is 4.74 Å². The number of para-hydroxylation sites is 1. The molecule has 0 fully saturated rings. The number of methoxy groups -OCH3 is 1. The van der Waals surface area contributed by atoms with E-state index >= 15 is 0 Å². The lowest BCUT2D eigenvalue weighted by molar-refractivity contribution is 0.371. The molecule has 0 saturated heterocycles. The number of aromatic hydroxyl groups is 1. The van der Waals surface area contributed by atoms with Gasteiger partial charge in [0.05, 0.1) is 11.6 Å². The van der Waals surface area contributed by atoms with Gasteiger partial charge in [0.2, 0.25) is 0 Å². The Hall–Kier alpha value is -1.68. The fourth-order valence-electron chi connectivity index (χ4n) is 2.12. The number of rotatable bonds is 5. The number of hydrogen-bond acceptors (Lipinski definition) is 3. The monoisotopic (exact) mass is 335 g/mol. The van der Waals surface area contributed by atoms with E-state index in [-0.39, 0.29) is 5.75 Å². The lowest BCUT2D eigenvalue weighted by Crippen LogP contribution is -2.21. The minimum Gasteiger partial charge on any atom is -0.503 e. The number of benzene rings is 2. The second-order valence-corrected chi connectivity index (χ2v) is 5.33. The highest BCUT2D eigenvalue weighted by Gasteiger charge is 2.11. The molecule has 2 rings (SSSR count). The van der Waals surface area contributed by atoms with E-state index in [1.165, 1.54) is 5.69 Å². The van der Waals surface area contributed by atoms with Gasteiger partial charge in [-0.05, 0) is 52.7 Å². The topological polar surface area (TPSA) is 32.7 Å². The highest BCUT2D eigenvalue weighted by molar-refractivity contribution is 9.10. The quantitative estimate of drug-likeness (QED) is 0.889. The third-order valence-corrected chi connectivity index (χ3v) is 3.79. The zero-order chi connectivity index (χ0) is 14.5. The Labute approximate surface area is 127 Å². The standard InChI is InChI=1S/C16H18BrNO2/c1-3-18(13-7-5-4-6-8-13)11-12-9-14(17)16(19)15(10-12)20-2/h4-10,19H,3,11H2,1-2H3. The van der Waals surface area contributed by atoms with Crippen LogP contribution in [0.3, 0.4) is 0 Å². The molecule has 20 heavy (non-hydrogen) atoms. The summed E-state index contributed by atoms with van der Waals surface area (Å²) >= 11 is 3.36. The van der Waals surface area contributed by atoms with E-state index < -0.39 is 0 Å². The molecular weight excluding hydrogens is 318 g/mol. The molecule has 0 spiro atoms. The molecule has 1 N–H and O–H groups in total. The van der Waals surface area contributed by atoms with E-state index in [2.05, 4.69) is 39.9 Å². The van der Waals surface area contributed by atoms with Gasteiger partial charge >= 0.3 is 0 Å². The van der Waals surface area contributed by atoms with E-state index in [1.807, 2.05) is 30.3 Å². The molecule has 0 atom stereocenters. The highest BCUT2D eigenvalue weighted by Crippen LogP contribution is 2.35. The number of nitrogens with zero attached hydrogens (tertiary/aromatic N) is 1. The SMILES string of the molecule is CCN(Cc1cc(Br)c(O)c(OC)c1)c1ccccc1. The van der Waals surface area contributed by atoms with Crippen molar-refractivity contribution in [2.45, 2.75) is 13.5 Å². The van der Waals surface area contributed by atoms with E-state index in [9.17, 15) is 5.11 Å². The van der Waals surface area contributed by atoms with Gasteiger partial charge in [-0.15, -0.1) is 0 Å². The summed E-state index contributed by atoms with van der Waals surface area (Å²) in [4.78, 5) is 2.26. The third-order valence-electron chi connectivity index (χ3n) is 3.18. The second-order valence-electron chi connectivity index (χ2n) is 4.48. The van der Waals surface area contributed by atoms with Crippen molar-refractivity contribution in [3.8, 4) is 11.5 Å². The first-order chi connectivity index (χ1) is 9.65. The lowest BCUT2D eigenvalue weighted by atomic mass is 10.1. The maximum Gasteiger partial charge on any atom is 0.172 e. The second kappa shape index (κ2) is 6.66. The van der Waals surface area contributed by atoms with Crippen LogP contribution in [-0.2, 0) is 6.54 Å². The van der Waals surface area contributed by atoms with Crippen LogP contribution < -0.4 is 9.64 Å². The first-order valence-corrected chi connectivity index (χ1v) is 7.30. The van der Waals surface area contributed by atoms with Crippen LogP contribution in [0.1, 0.15) is 12.5 Å². The molecule has 0 unspecified atom stereocenters. The van der Waals surface area contributed by atoms with Crippen LogP contribution in [-0.4, -0.2) is 18.8 Å². The first kappa shape index (κ1) is 14.7. The molecule has 0 radical (unpaired) electrons. The van der Waals surface area contributed by atoms with Gasteiger partial charge in [-0.1, -0.05) is 18.2 Å². The molecule has 0 amide bonds. The zero-order valence-corrected chi connectivity index (χ0v) is 13.2. The minimum atomic E-state index is 0.138. The average molecular weight is 336 g/mol. The summed E-state index contributed by atoms with van der Waals surface area (Å²) in [5, 5.41) is 9.84. The van der Waals surface area contributed by atoms with Crippen molar-refractivity contribution in [1.29, 1.82) is 0 Å². The van der Waals surface area contributed by atoms with Crippen molar-refractivity contribution in [2.75, 3.05) is 18.6 Å². The summed E-state index contributed by atoms with van der Waals surface area (Å²) in [5.74, 6) is 0.623. The van der Waals surface area contributed by atoms with Crippen molar-refractivity contribution < 1.29 is 9.84 Å². The molecule has 4 heteroatoms. The van der Waals surface area contributed by atoms with Crippen molar-refractivity contribution in [3.05, 3.63) is 52.5 Å². The predicted molar refractivity (Wildman–Crippen MR) is 85.5 cm³/mol. The smallest absolute Gasteiger partial charge is 0.172 e. The zero-order valence-electron chi connectivity index (χ0n) is 11.6. The summed E-state index contributed by atoms with van der Waals surface area (Å²) in [6.07, 6.45) is 0. The number of phenolic OH excluding ortho intramolecular Hbond substituents is 1. The van der Waals surface area contributed by atoms with Crippen molar-refractivity contribution in [1.82, 2.24) is 0 Å². The average Bonchev–Trinajstić information content (AvgIpc) is 2.49. The van der Waals surface area contributed by atoms with Crippen molar-refractivity contribution in [3.63, 3.8) is 0 Å². The summed E-state index contributed by atoms with van der Waals surface area (Å²) in [6, 6.07) is 14.1. The van der Waals surface area contributed by atoms with Gasteiger partial charge in [0.25, 0.3) is 0 Å². The van der Waals surface area contributed by atoms with Crippen molar-refractivity contribution >= 4 is 21.6 Å². The minimum absolute atomic E-state index is 0.138. The van der Waals surface area contributed by atoms with Crippen LogP contribution in [0.4, 0.5) is 5.69 Å². The van der Waals surface area contributed by atoms with E-state index in [1.54, 1.807) is 7.11 Å². The summed E-state index contributed by atoms with van der Waals surface area (Å²) < 4.78 is 5.84. The number of phenols is 1. The number of anilines is 1. The van der Waals surface area contributed by atoms with Crippen LogP contribution in [0.2, 0.25) is 0 Å². The van der Waals surface area contributed by atoms with E-state index in [0.29, 0.717) is 10.2 Å². The van der Waals surface area contributed by atoms with Crippen LogP contribution in [0.15, 0.2) is 46.9 Å². The van der Waals surface area contributed by atoms with Crippen LogP contribution >= 0.6 is 15.9 Å². The maximum atomic E-state index is 9.84. The lowest BCUT2D eigenvalue weighted by Gasteiger charge is -2.23. The normalized spacial score (nSPS) is 10.3. The van der Waals surface area contributed by atoms with Crippen molar-refractivity contribution in [2.24, 2.45) is 0 Å². The fraction of sp³-hybridized carbons (Fsp3) is 0.250. The predicted octanol–water partition coefficient (Wildman–Crippen LogP) is 4.19. The van der Waals surface area contributed by atoms with Crippen LogP contribution in [0, 0.1) is 0 Å². The molecule has 0 aliphatic rings. The van der Waals surface area contributed by atoms with Gasteiger partial charge in [-0.3, -0.25) is 0 Å². The Morgan fingerprint density at radius 1 is 1.20 bits per heavy atom. The number of hydrogen-bond donors (Lipinski definition) is 1. The first-order valence-electron chi connectivity index (χ1n) is 6.51. The number of halogens is 1. The van der Waals surface area contributed by atoms with Gasteiger partial charge < -0.3 is 14.7 Å². The van der Waals surface area contributed by atoms with Gasteiger partial charge in [0.1, 0.15) is 0 Å². The molecule has 3 nitrogen and oxygen atoms in total. The third kappa shape index (κ3) is 3.25. The molecule has 0 aromatic heterocycles. The Kier molecular flexibility index (Phi) is 4.90. The van der Waals surface area contributed by atoms with Crippen LogP contribution in [0.25, 0.3) is 0 Å². The summed E-state index contributed by atoms with van der Waals surface area (Å²) in [5.41, 5.74) is 2.26. The summed E-state index contributed by atoms with van der Waals surface area (Å²) in [7, 11) is 1.56. The Balaban J connectivity index is 2.26. The molecule has 0 heterocycles. The molecule has 2 aromatic carbocycles. The molecule has 2 aromatic rings. The molecule has 106 valence electrons. The molecule has 0 aliphatic heterocycles. The molecule has 0 bridgehead atoms. The van der Waals surface area contributed by atoms with Gasteiger partial charge in [0, 0.05) is 18.8 Å². The molecule has 0 saturated carbocycles. The van der Waals surface area contributed by atoms with Crippen LogP contribution in [0.5, 0.6) is 11.5 Å². The van der Waals surface area contributed by atoms with Gasteiger partial charge in [-0.2, -0.15) is 0 Å². The van der Waals surface area contributed by atoms with E-state index in [0.717, 1.165) is 18.7 Å². The Bertz CT molecular complexity index is 572.